The molecule has 1 atom stereocenters. The van der Waals surface area contributed by atoms with E-state index >= 15 is 0 Å². The summed E-state index contributed by atoms with van der Waals surface area (Å²) in [7, 11) is 0. The summed E-state index contributed by atoms with van der Waals surface area (Å²) in [5.41, 5.74) is 0.776. The van der Waals surface area contributed by atoms with Gasteiger partial charge in [0.1, 0.15) is 5.82 Å². The molecule has 4 heteroatoms. The van der Waals surface area contributed by atoms with Crippen LogP contribution in [0.1, 0.15) is 26.2 Å². The van der Waals surface area contributed by atoms with Crippen molar-refractivity contribution in [2.45, 2.75) is 32.2 Å². The molecule has 2 saturated heterocycles. The zero-order valence-corrected chi connectivity index (χ0v) is 14.1. The van der Waals surface area contributed by atoms with Crippen LogP contribution >= 0.6 is 22.6 Å². The third-order valence-electron chi connectivity index (χ3n) is 4.75. The van der Waals surface area contributed by atoms with E-state index in [0.717, 1.165) is 28.3 Å². The zero-order chi connectivity index (χ0) is 14.1. The van der Waals surface area contributed by atoms with Crippen LogP contribution in [-0.2, 0) is 0 Å². The summed E-state index contributed by atoms with van der Waals surface area (Å²) in [4.78, 5) is 4.83. The van der Waals surface area contributed by atoms with E-state index in [1.807, 2.05) is 12.1 Å². The minimum absolute atomic E-state index is 0.0789. The van der Waals surface area contributed by atoms with Gasteiger partial charge in [0.25, 0.3) is 0 Å². The SMILES string of the molecule is CC1CCN(C2CCN(c3ccc(I)cc3F)C2)CC1. The molecular formula is C16H22FIN2. The molecule has 2 heterocycles. The first-order chi connectivity index (χ1) is 9.63. The molecule has 0 saturated carbocycles. The monoisotopic (exact) mass is 388 g/mol. The maximum atomic E-state index is 14.1. The molecule has 110 valence electrons. The topological polar surface area (TPSA) is 6.48 Å². The molecule has 0 amide bonds. The van der Waals surface area contributed by atoms with Gasteiger partial charge in [0, 0.05) is 22.7 Å². The lowest BCUT2D eigenvalue weighted by atomic mass is 9.98. The van der Waals surface area contributed by atoms with Crippen LogP contribution in [0.25, 0.3) is 0 Å². The quantitative estimate of drug-likeness (QED) is 0.713. The number of hydrogen-bond donors (Lipinski definition) is 0. The van der Waals surface area contributed by atoms with Crippen LogP contribution in [0.15, 0.2) is 18.2 Å². The second-order valence-corrected chi connectivity index (χ2v) is 7.45. The van der Waals surface area contributed by atoms with E-state index in [0.29, 0.717) is 6.04 Å². The minimum atomic E-state index is -0.0789. The van der Waals surface area contributed by atoms with Crippen LogP contribution < -0.4 is 4.90 Å². The average molecular weight is 388 g/mol. The Morgan fingerprint density at radius 1 is 1.15 bits per heavy atom. The van der Waals surface area contributed by atoms with E-state index < -0.39 is 0 Å². The largest absolute Gasteiger partial charge is 0.368 e. The average Bonchev–Trinajstić information content (AvgIpc) is 2.89. The van der Waals surface area contributed by atoms with Gasteiger partial charge in [-0.25, -0.2) is 4.39 Å². The second-order valence-electron chi connectivity index (χ2n) is 6.20. The van der Waals surface area contributed by atoms with Crippen molar-refractivity contribution in [3.05, 3.63) is 27.6 Å². The van der Waals surface area contributed by atoms with Crippen molar-refractivity contribution in [2.24, 2.45) is 5.92 Å². The normalized spacial score (nSPS) is 25.4. The number of nitrogens with zero attached hydrogens (tertiary/aromatic N) is 2. The van der Waals surface area contributed by atoms with Gasteiger partial charge in [-0.2, -0.15) is 0 Å². The van der Waals surface area contributed by atoms with Gasteiger partial charge in [-0.3, -0.25) is 4.90 Å². The number of halogens is 2. The summed E-state index contributed by atoms with van der Waals surface area (Å²) in [5.74, 6) is 0.794. The molecule has 1 aromatic carbocycles. The molecule has 0 radical (unpaired) electrons. The number of anilines is 1. The summed E-state index contributed by atoms with van der Waals surface area (Å²) in [6.07, 6.45) is 3.79. The Kier molecular flexibility index (Phi) is 4.50. The molecule has 0 aliphatic carbocycles. The summed E-state index contributed by atoms with van der Waals surface area (Å²) >= 11 is 2.16. The Balaban J connectivity index is 1.64. The first-order valence-electron chi connectivity index (χ1n) is 7.57. The maximum Gasteiger partial charge on any atom is 0.147 e. The van der Waals surface area contributed by atoms with E-state index in [1.54, 1.807) is 6.07 Å². The Labute approximate surface area is 134 Å². The second kappa shape index (κ2) is 6.18. The molecule has 0 aromatic heterocycles. The minimum Gasteiger partial charge on any atom is -0.368 e. The number of piperidine rings is 1. The number of likely N-dealkylation sites (tertiary alicyclic amines) is 1. The van der Waals surface area contributed by atoms with E-state index in [1.165, 1.54) is 32.4 Å². The third kappa shape index (κ3) is 3.11. The van der Waals surface area contributed by atoms with Crippen LogP contribution in [0.2, 0.25) is 0 Å². The fourth-order valence-corrected chi connectivity index (χ4v) is 3.84. The lowest BCUT2D eigenvalue weighted by Crippen LogP contribution is -2.42. The van der Waals surface area contributed by atoms with Crippen molar-refractivity contribution in [2.75, 3.05) is 31.1 Å². The van der Waals surface area contributed by atoms with Crippen LogP contribution in [0.5, 0.6) is 0 Å². The Bertz CT molecular complexity index is 472. The van der Waals surface area contributed by atoms with Crippen molar-refractivity contribution in [3.8, 4) is 0 Å². The van der Waals surface area contributed by atoms with Crippen molar-refractivity contribution in [1.29, 1.82) is 0 Å². The smallest absolute Gasteiger partial charge is 0.147 e. The highest BCUT2D eigenvalue weighted by Gasteiger charge is 2.30. The first-order valence-corrected chi connectivity index (χ1v) is 8.65. The van der Waals surface area contributed by atoms with Crippen LogP contribution in [0, 0.1) is 15.3 Å². The highest BCUT2D eigenvalue weighted by Crippen LogP contribution is 2.28. The molecule has 2 fully saturated rings. The highest BCUT2D eigenvalue weighted by molar-refractivity contribution is 14.1. The van der Waals surface area contributed by atoms with Gasteiger partial charge in [-0.1, -0.05) is 6.92 Å². The van der Waals surface area contributed by atoms with Crippen molar-refractivity contribution < 1.29 is 4.39 Å². The van der Waals surface area contributed by atoms with Gasteiger partial charge in [-0.05, 0) is 79.1 Å². The maximum absolute atomic E-state index is 14.1. The van der Waals surface area contributed by atoms with Gasteiger partial charge >= 0.3 is 0 Å². The van der Waals surface area contributed by atoms with Crippen LogP contribution in [0.3, 0.4) is 0 Å². The molecule has 0 spiro atoms. The molecule has 2 aliphatic heterocycles. The predicted molar refractivity (Wildman–Crippen MR) is 89.7 cm³/mol. The standard InChI is InChI=1S/C16H22FIN2/c1-12-4-7-19(8-5-12)14-6-9-20(11-14)16-3-2-13(18)10-15(16)17/h2-3,10,12,14H,4-9,11H2,1H3. The molecule has 2 aliphatic rings. The third-order valence-corrected chi connectivity index (χ3v) is 5.42. The van der Waals surface area contributed by atoms with Gasteiger partial charge in [0.15, 0.2) is 0 Å². The van der Waals surface area contributed by atoms with Crippen LogP contribution in [0.4, 0.5) is 10.1 Å². The number of rotatable bonds is 2. The molecule has 20 heavy (non-hydrogen) atoms. The Morgan fingerprint density at radius 2 is 1.90 bits per heavy atom. The molecule has 1 unspecified atom stereocenters. The van der Waals surface area contributed by atoms with Crippen molar-refractivity contribution in [1.82, 2.24) is 4.90 Å². The molecular weight excluding hydrogens is 366 g/mol. The molecule has 0 bridgehead atoms. The van der Waals surface area contributed by atoms with E-state index in [-0.39, 0.29) is 5.82 Å². The van der Waals surface area contributed by atoms with Crippen LogP contribution in [-0.4, -0.2) is 37.1 Å². The molecule has 1 aromatic rings. The highest BCUT2D eigenvalue weighted by atomic mass is 127. The lowest BCUT2D eigenvalue weighted by molar-refractivity contribution is 0.147. The van der Waals surface area contributed by atoms with Crippen molar-refractivity contribution >= 4 is 28.3 Å². The number of benzene rings is 1. The summed E-state index contributed by atoms with van der Waals surface area (Å²) in [5, 5.41) is 0. The van der Waals surface area contributed by atoms with E-state index in [4.69, 9.17) is 0 Å². The zero-order valence-electron chi connectivity index (χ0n) is 12.0. The number of hydrogen-bond acceptors (Lipinski definition) is 2. The van der Waals surface area contributed by atoms with Gasteiger partial charge in [0.2, 0.25) is 0 Å². The summed E-state index contributed by atoms with van der Waals surface area (Å²) in [6, 6.07) is 6.17. The fraction of sp³-hybridized carbons (Fsp3) is 0.625. The van der Waals surface area contributed by atoms with Gasteiger partial charge in [-0.15, -0.1) is 0 Å². The lowest BCUT2D eigenvalue weighted by Gasteiger charge is -2.34. The Morgan fingerprint density at radius 3 is 2.60 bits per heavy atom. The predicted octanol–water partition coefficient (Wildman–Crippen LogP) is 3.74. The van der Waals surface area contributed by atoms with Crippen molar-refractivity contribution in [3.63, 3.8) is 0 Å². The van der Waals surface area contributed by atoms with E-state index in [2.05, 4.69) is 39.3 Å². The molecule has 0 N–H and O–H groups in total. The fourth-order valence-electron chi connectivity index (χ4n) is 3.39. The first kappa shape index (κ1) is 14.6. The van der Waals surface area contributed by atoms with Gasteiger partial charge in [0.05, 0.1) is 5.69 Å². The molecule has 2 nitrogen and oxygen atoms in total. The Hall–Kier alpha value is -0.360. The summed E-state index contributed by atoms with van der Waals surface area (Å²) < 4.78 is 15.0. The molecule has 3 rings (SSSR count). The van der Waals surface area contributed by atoms with E-state index in [9.17, 15) is 4.39 Å². The van der Waals surface area contributed by atoms with Gasteiger partial charge < -0.3 is 4.90 Å². The summed E-state index contributed by atoms with van der Waals surface area (Å²) in [6.45, 7) is 6.74.